The van der Waals surface area contributed by atoms with Crippen molar-refractivity contribution >= 4 is 0 Å². The normalized spacial score (nSPS) is 17.3. The summed E-state index contributed by atoms with van der Waals surface area (Å²) in [6.07, 6.45) is 7.41. The highest BCUT2D eigenvalue weighted by atomic mass is 15.6. The fourth-order valence-electron chi connectivity index (χ4n) is 1.90. The molecule has 0 fully saturated rings. The minimum Gasteiger partial charge on any atom is -0.311 e. The van der Waals surface area contributed by atoms with Crippen molar-refractivity contribution < 1.29 is 0 Å². The van der Waals surface area contributed by atoms with Crippen LogP contribution in [0.4, 0.5) is 0 Å². The molecular formula is C9H16N4. The lowest BCUT2D eigenvalue weighted by Gasteiger charge is -2.09. The van der Waals surface area contributed by atoms with Crippen molar-refractivity contribution in [3.63, 3.8) is 0 Å². The average Bonchev–Trinajstić information content (AvgIpc) is 2.46. The lowest BCUT2D eigenvalue weighted by atomic mass is 10.0. The molecule has 0 amide bonds. The number of nitrogens with one attached hydrogen (secondary N) is 1. The number of rotatable bonds is 1. The number of nitrogens with zero attached hydrogens (tertiary/aromatic N) is 3. The van der Waals surface area contributed by atoms with Crippen molar-refractivity contribution in [3.05, 3.63) is 11.4 Å². The molecule has 13 heavy (non-hydrogen) atoms. The molecule has 0 saturated carbocycles. The van der Waals surface area contributed by atoms with E-state index in [0.717, 1.165) is 12.8 Å². The van der Waals surface area contributed by atoms with Gasteiger partial charge in [0, 0.05) is 7.05 Å². The van der Waals surface area contributed by atoms with E-state index in [1.807, 2.05) is 7.05 Å². The van der Waals surface area contributed by atoms with Crippen LogP contribution >= 0.6 is 0 Å². The highest BCUT2D eigenvalue weighted by Crippen LogP contribution is 2.16. The summed E-state index contributed by atoms with van der Waals surface area (Å²) >= 11 is 0. The van der Waals surface area contributed by atoms with Crippen LogP contribution in [0.5, 0.6) is 0 Å². The lowest BCUT2D eigenvalue weighted by molar-refractivity contribution is 0.594. The van der Waals surface area contributed by atoms with Crippen LogP contribution in [0.1, 0.15) is 37.1 Å². The predicted molar refractivity (Wildman–Crippen MR) is 51.2 cm³/mol. The Balaban J connectivity index is 2.25. The van der Waals surface area contributed by atoms with Gasteiger partial charge in [0.1, 0.15) is 0 Å². The van der Waals surface area contributed by atoms with E-state index in [0.29, 0.717) is 0 Å². The molecule has 1 heterocycles. The summed E-state index contributed by atoms with van der Waals surface area (Å²) in [5, 5.41) is 8.23. The number of hydrogen-bond acceptors (Lipinski definition) is 3. The summed E-state index contributed by atoms with van der Waals surface area (Å²) in [4.78, 5) is 1.81. The SMILES string of the molecule is CNn1nnc2c1CCCCCC2. The highest BCUT2D eigenvalue weighted by molar-refractivity contribution is 5.12. The van der Waals surface area contributed by atoms with Gasteiger partial charge >= 0.3 is 0 Å². The third-order valence-corrected chi connectivity index (χ3v) is 2.63. The largest absolute Gasteiger partial charge is 0.311 e. The second kappa shape index (κ2) is 3.77. The van der Waals surface area contributed by atoms with Crippen LogP contribution in [0, 0.1) is 0 Å². The molecule has 0 atom stereocenters. The van der Waals surface area contributed by atoms with E-state index in [1.165, 1.54) is 37.1 Å². The van der Waals surface area contributed by atoms with Crippen LogP contribution in [-0.4, -0.2) is 22.2 Å². The van der Waals surface area contributed by atoms with Gasteiger partial charge in [-0.05, 0) is 30.9 Å². The Morgan fingerprint density at radius 3 is 2.69 bits per heavy atom. The van der Waals surface area contributed by atoms with Crippen LogP contribution in [0.25, 0.3) is 0 Å². The van der Waals surface area contributed by atoms with Crippen LogP contribution in [0.15, 0.2) is 0 Å². The Bertz CT molecular complexity index is 279. The second-order valence-corrected chi connectivity index (χ2v) is 3.53. The summed E-state index contributed by atoms with van der Waals surface area (Å²) in [6.45, 7) is 0. The molecule has 2 rings (SSSR count). The number of fused-ring (bicyclic) bond motifs is 1. The van der Waals surface area contributed by atoms with E-state index in [9.17, 15) is 0 Å². The molecule has 1 aromatic heterocycles. The van der Waals surface area contributed by atoms with E-state index in [2.05, 4.69) is 15.7 Å². The van der Waals surface area contributed by atoms with Gasteiger partial charge in [-0.3, -0.25) is 0 Å². The molecule has 0 unspecified atom stereocenters. The van der Waals surface area contributed by atoms with Gasteiger partial charge in [0.2, 0.25) is 0 Å². The minimum absolute atomic E-state index is 1.09. The third kappa shape index (κ3) is 1.66. The molecule has 0 aliphatic heterocycles. The van der Waals surface area contributed by atoms with Gasteiger partial charge in [0.15, 0.2) is 0 Å². The first kappa shape index (κ1) is 8.53. The summed E-state index contributed by atoms with van der Waals surface area (Å²) < 4.78 is 0. The van der Waals surface area contributed by atoms with Crippen molar-refractivity contribution in [2.75, 3.05) is 12.5 Å². The Hall–Kier alpha value is -1.06. The first-order valence-corrected chi connectivity index (χ1v) is 5.03. The lowest BCUT2D eigenvalue weighted by Crippen LogP contribution is -2.15. The molecule has 0 bridgehead atoms. The fraction of sp³-hybridized carbons (Fsp3) is 0.778. The molecule has 1 aliphatic rings. The smallest absolute Gasteiger partial charge is 0.0881 e. The summed E-state index contributed by atoms with van der Waals surface area (Å²) in [5.74, 6) is 0. The van der Waals surface area contributed by atoms with Crippen LogP contribution in [0.3, 0.4) is 0 Å². The van der Waals surface area contributed by atoms with Crippen molar-refractivity contribution in [1.82, 2.24) is 15.1 Å². The standard InChI is InChI=1S/C9H16N4/c1-10-13-9-7-5-3-2-4-6-8(9)11-12-13/h10H,2-7H2,1H3. The van der Waals surface area contributed by atoms with Gasteiger partial charge in [-0.1, -0.05) is 12.8 Å². The maximum atomic E-state index is 4.18. The van der Waals surface area contributed by atoms with Gasteiger partial charge in [0.25, 0.3) is 0 Å². The number of aromatic nitrogens is 3. The van der Waals surface area contributed by atoms with Gasteiger partial charge in [-0.2, -0.15) is 4.79 Å². The van der Waals surface area contributed by atoms with E-state index in [4.69, 9.17) is 0 Å². The molecule has 1 N–H and O–H groups in total. The average molecular weight is 180 g/mol. The maximum absolute atomic E-state index is 4.18. The monoisotopic (exact) mass is 180 g/mol. The van der Waals surface area contributed by atoms with Crippen molar-refractivity contribution in [2.24, 2.45) is 0 Å². The molecule has 0 radical (unpaired) electrons. The first-order chi connectivity index (χ1) is 6.42. The zero-order chi connectivity index (χ0) is 9.10. The van der Waals surface area contributed by atoms with Crippen molar-refractivity contribution in [2.45, 2.75) is 38.5 Å². The fourth-order valence-corrected chi connectivity index (χ4v) is 1.90. The van der Waals surface area contributed by atoms with E-state index in [1.54, 1.807) is 4.79 Å². The quantitative estimate of drug-likeness (QED) is 0.704. The van der Waals surface area contributed by atoms with E-state index >= 15 is 0 Å². The molecule has 0 saturated heterocycles. The van der Waals surface area contributed by atoms with Gasteiger partial charge in [-0.25, -0.2) is 0 Å². The molecule has 72 valence electrons. The van der Waals surface area contributed by atoms with Gasteiger partial charge in [-0.15, -0.1) is 5.10 Å². The molecule has 1 aliphatic carbocycles. The van der Waals surface area contributed by atoms with Crippen LogP contribution in [-0.2, 0) is 12.8 Å². The molecule has 0 aromatic carbocycles. The molecule has 0 spiro atoms. The molecule has 4 nitrogen and oxygen atoms in total. The molecule has 4 heteroatoms. The van der Waals surface area contributed by atoms with Crippen molar-refractivity contribution in [1.29, 1.82) is 0 Å². The van der Waals surface area contributed by atoms with E-state index < -0.39 is 0 Å². The van der Waals surface area contributed by atoms with Crippen LogP contribution < -0.4 is 5.43 Å². The zero-order valence-corrected chi connectivity index (χ0v) is 8.08. The summed E-state index contributed by atoms with van der Waals surface area (Å²) in [5.41, 5.74) is 5.50. The Kier molecular flexibility index (Phi) is 2.47. The second-order valence-electron chi connectivity index (χ2n) is 3.53. The topological polar surface area (TPSA) is 42.7 Å². The Morgan fingerprint density at radius 2 is 1.92 bits per heavy atom. The summed E-state index contributed by atoms with van der Waals surface area (Å²) in [6, 6.07) is 0. The van der Waals surface area contributed by atoms with E-state index in [-0.39, 0.29) is 0 Å². The first-order valence-electron chi connectivity index (χ1n) is 5.03. The highest BCUT2D eigenvalue weighted by Gasteiger charge is 2.13. The maximum Gasteiger partial charge on any atom is 0.0881 e. The van der Waals surface area contributed by atoms with Crippen molar-refractivity contribution in [3.8, 4) is 0 Å². The number of aryl methyl sites for hydroxylation is 1. The Labute approximate surface area is 78.3 Å². The zero-order valence-electron chi connectivity index (χ0n) is 8.08. The Morgan fingerprint density at radius 1 is 1.15 bits per heavy atom. The third-order valence-electron chi connectivity index (χ3n) is 2.63. The van der Waals surface area contributed by atoms with Gasteiger partial charge in [0.05, 0.1) is 11.4 Å². The minimum atomic E-state index is 1.09. The van der Waals surface area contributed by atoms with Crippen LogP contribution in [0.2, 0.25) is 0 Å². The number of hydrogen-bond donors (Lipinski definition) is 1. The predicted octanol–water partition coefficient (Wildman–Crippen LogP) is 1.11. The molecule has 1 aromatic rings. The van der Waals surface area contributed by atoms with Gasteiger partial charge < -0.3 is 5.43 Å². The molecular weight excluding hydrogens is 164 g/mol. The summed E-state index contributed by atoms with van der Waals surface area (Å²) in [7, 11) is 1.88.